The van der Waals surface area contributed by atoms with E-state index in [0.29, 0.717) is 36.4 Å². The molecule has 0 spiro atoms. The zero-order valence-corrected chi connectivity index (χ0v) is 14.6. The lowest BCUT2D eigenvalue weighted by Gasteiger charge is -2.30. The van der Waals surface area contributed by atoms with E-state index in [1.54, 1.807) is 36.7 Å². The van der Waals surface area contributed by atoms with Gasteiger partial charge in [-0.1, -0.05) is 30.7 Å². The van der Waals surface area contributed by atoms with E-state index >= 15 is 0 Å². The average Bonchev–Trinajstić information content (AvgIpc) is 3.09. The second-order valence-electron chi connectivity index (χ2n) is 6.05. The summed E-state index contributed by atoms with van der Waals surface area (Å²) in [5.74, 6) is -3.88. The molecule has 25 heavy (non-hydrogen) atoms. The quantitative estimate of drug-likeness (QED) is 0.526. The summed E-state index contributed by atoms with van der Waals surface area (Å²) < 4.78 is 0. The first kappa shape index (κ1) is 19.2. The molecular weight excluding hydrogens is 348 g/mol. The monoisotopic (exact) mass is 368 g/mol. The number of halogens is 1. The van der Waals surface area contributed by atoms with Crippen molar-refractivity contribution in [1.82, 2.24) is 10.4 Å². The number of hydroxylamine groups is 1. The Bertz CT molecular complexity index is 649. The van der Waals surface area contributed by atoms with E-state index in [2.05, 4.69) is 0 Å². The summed E-state index contributed by atoms with van der Waals surface area (Å²) >= 11 is 5.90. The zero-order chi connectivity index (χ0) is 18.6. The fourth-order valence-corrected chi connectivity index (χ4v) is 3.46. The SMILES string of the molecule is CC[C@H](C(=O)NO)[C@H](C(=O)N1CCCC1C(=O)O)c1ccc(Cl)cc1. The van der Waals surface area contributed by atoms with Crippen molar-refractivity contribution in [3.05, 3.63) is 34.9 Å². The minimum Gasteiger partial charge on any atom is -0.480 e. The largest absolute Gasteiger partial charge is 0.480 e. The van der Waals surface area contributed by atoms with Gasteiger partial charge in [0.25, 0.3) is 0 Å². The molecule has 1 aromatic rings. The number of aliphatic carboxylic acids is 1. The molecule has 2 rings (SSSR count). The van der Waals surface area contributed by atoms with Crippen LogP contribution in [0, 0.1) is 5.92 Å². The van der Waals surface area contributed by atoms with Crippen LogP contribution in [-0.2, 0) is 14.4 Å². The molecule has 136 valence electrons. The van der Waals surface area contributed by atoms with Crippen LogP contribution in [-0.4, -0.2) is 45.6 Å². The smallest absolute Gasteiger partial charge is 0.326 e. The van der Waals surface area contributed by atoms with Gasteiger partial charge in [-0.2, -0.15) is 0 Å². The number of carboxylic acid groups (broad SMARTS) is 1. The van der Waals surface area contributed by atoms with Gasteiger partial charge >= 0.3 is 5.97 Å². The Labute approximate surface area is 150 Å². The number of benzene rings is 1. The molecule has 1 heterocycles. The third-order valence-corrected chi connectivity index (χ3v) is 4.86. The molecule has 0 saturated carbocycles. The number of hydrogen-bond donors (Lipinski definition) is 3. The highest BCUT2D eigenvalue weighted by Crippen LogP contribution is 2.33. The summed E-state index contributed by atoms with van der Waals surface area (Å²) in [7, 11) is 0. The van der Waals surface area contributed by atoms with Crippen molar-refractivity contribution in [2.45, 2.75) is 38.1 Å². The predicted molar refractivity (Wildman–Crippen MR) is 90.3 cm³/mol. The maximum Gasteiger partial charge on any atom is 0.326 e. The number of amides is 2. The van der Waals surface area contributed by atoms with E-state index in [4.69, 9.17) is 16.8 Å². The summed E-state index contributed by atoms with van der Waals surface area (Å²) in [6.07, 6.45) is 1.29. The number of nitrogens with one attached hydrogen (secondary N) is 1. The van der Waals surface area contributed by atoms with Crippen molar-refractivity contribution >= 4 is 29.4 Å². The Hall–Kier alpha value is -2.12. The van der Waals surface area contributed by atoms with E-state index < -0.39 is 35.7 Å². The van der Waals surface area contributed by atoms with E-state index in [1.807, 2.05) is 0 Å². The maximum atomic E-state index is 13.1. The van der Waals surface area contributed by atoms with Crippen molar-refractivity contribution in [3.8, 4) is 0 Å². The molecule has 7 nitrogen and oxygen atoms in total. The van der Waals surface area contributed by atoms with Gasteiger partial charge in [-0.25, -0.2) is 10.3 Å². The van der Waals surface area contributed by atoms with Crippen LogP contribution in [0.25, 0.3) is 0 Å². The topological polar surface area (TPSA) is 107 Å². The van der Waals surface area contributed by atoms with Gasteiger partial charge in [-0.3, -0.25) is 14.8 Å². The number of rotatable bonds is 6. The van der Waals surface area contributed by atoms with Crippen LogP contribution in [0.15, 0.2) is 24.3 Å². The Morgan fingerprint density at radius 2 is 1.96 bits per heavy atom. The van der Waals surface area contributed by atoms with Crippen LogP contribution in [0.1, 0.15) is 37.7 Å². The average molecular weight is 369 g/mol. The minimum absolute atomic E-state index is 0.303. The van der Waals surface area contributed by atoms with E-state index in [1.165, 1.54) is 4.90 Å². The van der Waals surface area contributed by atoms with Gasteiger partial charge in [0.15, 0.2) is 0 Å². The fraction of sp³-hybridized carbons (Fsp3) is 0.471. The van der Waals surface area contributed by atoms with Crippen LogP contribution < -0.4 is 5.48 Å². The van der Waals surface area contributed by atoms with Crippen molar-refractivity contribution in [2.24, 2.45) is 5.92 Å². The number of carboxylic acids is 1. The maximum absolute atomic E-state index is 13.1. The summed E-state index contributed by atoms with van der Waals surface area (Å²) in [5.41, 5.74) is 2.16. The lowest BCUT2D eigenvalue weighted by atomic mass is 9.82. The highest BCUT2D eigenvalue weighted by molar-refractivity contribution is 6.30. The number of nitrogens with zero attached hydrogens (tertiary/aromatic N) is 1. The van der Waals surface area contributed by atoms with Crippen molar-refractivity contribution in [2.75, 3.05) is 6.54 Å². The third kappa shape index (κ3) is 4.11. The van der Waals surface area contributed by atoms with Crippen LogP contribution in [0.5, 0.6) is 0 Å². The molecule has 2 amide bonds. The molecule has 8 heteroatoms. The van der Waals surface area contributed by atoms with Crippen LogP contribution in [0.4, 0.5) is 0 Å². The Morgan fingerprint density at radius 1 is 1.32 bits per heavy atom. The number of carbonyl (C=O) groups is 3. The van der Waals surface area contributed by atoms with Gasteiger partial charge in [0.05, 0.1) is 11.8 Å². The molecule has 0 radical (unpaired) electrons. The predicted octanol–water partition coefficient (Wildman–Crippen LogP) is 2.03. The molecular formula is C17H21ClN2O5. The lowest BCUT2D eigenvalue weighted by molar-refractivity contribution is -0.150. The number of likely N-dealkylation sites (tertiary alicyclic amines) is 1. The summed E-state index contributed by atoms with van der Waals surface area (Å²) in [6, 6.07) is 5.62. The second kappa shape index (κ2) is 8.31. The standard InChI is InChI=1S/C17H21ClN2O5/c1-2-12(15(21)19-25)14(10-5-7-11(18)8-6-10)16(22)20-9-3-4-13(20)17(23)24/h5-8,12-14,25H,2-4,9H2,1H3,(H,19,21)(H,23,24)/t12-,13?,14+/m0/s1. The number of carbonyl (C=O) groups excluding carboxylic acids is 2. The first-order chi connectivity index (χ1) is 11.9. The van der Waals surface area contributed by atoms with Gasteiger partial charge in [0.2, 0.25) is 11.8 Å². The fourth-order valence-electron chi connectivity index (χ4n) is 3.34. The van der Waals surface area contributed by atoms with Crippen LogP contribution >= 0.6 is 11.6 Å². The third-order valence-electron chi connectivity index (χ3n) is 4.61. The summed E-state index contributed by atoms with van der Waals surface area (Å²) in [6.45, 7) is 2.06. The van der Waals surface area contributed by atoms with Gasteiger partial charge in [-0.05, 0) is 37.0 Å². The molecule has 1 saturated heterocycles. The van der Waals surface area contributed by atoms with Crippen molar-refractivity contribution < 1.29 is 24.7 Å². The van der Waals surface area contributed by atoms with Gasteiger partial charge < -0.3 is 10.0 Å². The molecule has 1 aromatic carbocycles. The first-order valence-electron chi connectivity index (χ1n) is 8.13. The molecule has 3 N–H and O–H groups in total. The molecule has 1 aliphatic rings. The van der Waals surface area contributed by atoms with Gasteiger partial charge in [0.1, 0.15) is 6.04 Å². The Morgan fingerprint density at radius 3 is 2.48 bits per heavy atom. The number of hydrogen-bond acceptors (Lipinski definition) is 4. The molecule has 0 aliphatic carbocycles. The van der Waals surface area contributed by atoms with Gasteiger partial charge in [-0.15, -0.1) is 0 Å². The summed E-state index contributed by atoms with van der Waals surface area (Å²) in [5, 5.41) is 18.9. The molecule has 1 unspecified atom stereocenters. The van der Waals surface area contributed by atoms with Gasteiger partial charge in [0, 0.05) is 11.6 Å². The minimum atomic E-state index is -1.06. The van der Waals surface area contributed by atoms with Crippen molar-refractivity contribution in [1.29, 1.82) is 0 Å². The molecule has 1 aliphatic heterocycles. The molecule has 3 atom stereocenters. The highest BCUT2D eigenvalue weighted by Gasteiger charge is 2.42. The Kier molecular flexibility index (Phi) is 6.39. The highest BCUT2D eigenvalue weighted by atomic mass is 35.5. The zero-order valence-electron chi connectivity index (χ0n) is 13.8. The molecule has 0 bridgehead atoms. The van der Waals surface area contributed by atoms with E-state index in [9.17, 15) is 19.5 Å². The van der Waals surface area contributed by atoms with Crippen molar-refractivity contribution in [3.63, 3.8) is 0 Å². The lowest BCUT2D eigenvalue weighted by Crippen LogP contribution is -2.46. The van der Waals surface area contributed by atoms with E-state index in [0.717, 1.165) is 0 Å². The van der Waals surface area contributed by atoms with Crippen LogP contribution in [0.2, 0.25) is 5.02 Å². The molecule has 0 aromatic heterocycles. The second-order valence-corrected chi connectivity index (χ2v) is 6.48. The first-order valence-corrected chi connectivity index (χ1v) is 8.51. The summed E-state index contributed by atoms with van der Waals surface area (Å²) in [4.78, 5) is 38.0. The van der Waals surface area contributed by atoms with Crippen LogP contribution in [0.3, 0.4) is 0 Å². The van der Waals surface area contributed by atoms with E-state index in [-0.39, 0.29) is 0 Å². The normalized spacial score (nSPS) is 19.3. The molecule has 1 fully saturated rings. The Balaban J connectivity index is 2.43.